The number of alkyl halides is 3. The first-order valence-electron chi connectivity index (χ1n) is 10.9. The number of hydrogen-bond donors (Lipinski definition) is 1. The van der Waals surface area contributed by atoms with E-state index in [-0.39, 0.29) is 36.3 Å². The number of rotatable bonds is 6. The maximum atomic E-state index is 13.1. The van der Waals surface area contributed by atoms with Crippen molar-refractivity contribution in [2.24, 2.45) is 0 Å². The molecular weight excluding hydrogens is 481 g/mol. The van der Waals surface area contributed by atoms with Crippen LogP contribution < -0.4 is 10.1 Å². The molecule has 0 bridgehead atoms. The molecule has 36 heavy (non-hydrogen) atoms. The average molecular weight is 504 g/mol. The van der Waals surface area contributed by atoms with Crippen LogP contribution in [-0.2, 0) is 17.8 Å². The summed E-state index contributed by atoms with van der Waals surface area (Å²) in [4.78, 5) is 30.7. The maximum Gasteiger partial charge on any atom is 0.422 e. The van der Waals surface area contributed by atoms with Gasteiger partial charge in [0, 0.05) is 19.1 Å². The number of carbonyl (C=O) groups is 2. The third-order valence-corrected chi connectivity index (χ3v) is 5.46. The van der Waals surface area contributed by atoms with Crippen molar-refractivity contribution in [3.63, 3.8) is 0 Å². The lowest BCUT2D eigenvalue weighted by atomic mass is 10.0. The molecule has 0 saturated heterocycles. The van der Waals surface area contributed by atoms with Crippen molar-refractivity contribution in [2.75, 3.05) is 19.0 Å². The summed E-state index contributed by atoms with van der Waals surface area (Å²) in [5, 5.41) is 10.8. The average Bonchev–Trinajstić information content (AvgIpc) is 3.48. The molecule has 2 amide bonds. The van der Waals surface area contributed by atoms with Gasteiger partial charge in [0.25, 0.3) is 5.91 Å². The van der Waals surface area contributed by atoms with Gasteiger partial charge in [-0.15, -0.1) is 10.2 Å². The van der Waals surface area contributed by atoms with Crippen LogP contribution in [0.2, 0.25) is 0 Å². The summed E-state index contributed by atoms with van der Waals surface area (Å²) in [5.41, 5.74) is 1.93. The van der Waals surface area contributed by atoms with Crippen LogP contribution in [0.5, 0.6) is 5.75 Å². The molecule has 10 nitrogen and oxygen atoms in total. The zero-order valence-corrected chi connectivity index (χ0v) is 19.7. The van der Waals surface area contributed by atoms with Gasteiger partial charge in [-0.3, -0.25) is 9.69 Å². The smallest absolute Gasteiger partial charge is 0.422 e. The van der Waals surface area contributed by atoms with Gasteiger partial charge in [0.15, 0.2) is 12.4 Å². The lowest BCUT2D eigenvalue weighted by molar-refractivity contribution is -0.162. The van der Waals surface area contributed by atoms with E-state index < -0.39 is 24.8 Å². The third-order valence-electron chi connectivity index (χ3n) is 5.46. The van der Waals surface area contributed by atoms with E-state index >= 15 is 0 Å². The van der Waals surface area contributed by atoms with E-state index in [9.17, 15) is 22.8 Å². The second-order valence-electron chi connectivity index (χ2n) is 8.36. The summed E-state index contributed by atoms with van der Waals surface area (Å²) < 4.78 is 48.7. The van der Waals surface area contributed by atoms with Gasteiger partial charge in [-0.1, -0.05) is 6.07 Å². The Kier molecular flexibility index (Phi) is 6.82. The molecule has 4 rings (SSSR count). The molecule has 0 atom stereocenters. The predicted octanol–water partition coefficient (Wildman–Crippen LogP) is 4.20. The van der Waals surface area contributed by atoms with Gasteiger partial charge in [0.2, 0.25) is 0 Å². The number of methoxy groups -OCH3 is 1. The quantitative estimate of drug-likeness (QED) is 0.536. The molecule has 1 aliphatic heterocycles. The highest BCUT2D eigenvalue weighted by atomic mass is 19.4. The van der Waals surface area contributed by atoms with Crippen LogP contribution in [0.25, 0.3) is 11.5 Å². The molecule has 0 unspecified atom stereocenters. The van der Waals surface area contributed by atoms with Gasteiger partial charge in [-0.25, -0.2) is 9.78 Å². The van der Waals surface area contributed by atoms with E-state index in [1.165, 1.54) is 7.11 Å². The highest BCUT2D eigenvalue weighted by Crippen LogP contribution is 2.31. The van der Waals surface area contributed by atoms with E-state index in [4.69, 9.17) is 4.74 Å². The fraction of sp³-hybridized carbons (Fsp3) is 0.348. The number of fused-ring (bicyclic) bond motifs is 1. The number of aromatic nitrogens is 4. The summed E-state index contributed by atoms with van der Waals surface area (Å²) in [5.74, 6) is 0.555. The summed E-state index contributed by atoms with van der Waals surface area (Å²) in [7, 11) is 1.39. The molecule has 2 aromatic heterocycles. The Bertz CT molecular complexity index is 1290. The summed E-state index contributed by atoms with van der Waals surface area (Å²) in [6.07, 6.45) is -4.11. The Morgan fingerprint density at radius 2 is 1.89 bits per heavy atom. The number of carbonyl (C=O) groups excluding carboxylic acids is 2. The maximum absolute atomic E-state index is 13.1. The molecular formula is C23H23F3N6O4. The van der Waals surface area contributed by atoms with Crippen molar-refractivity contribution in [1.29, 1.82) is 0 Å². The number of halogens is 3. The van der Waals surface area contributed by atoms with E-state index in [1.54, 1.807) is 36.7 Å². The highest BCUT2D eigenvalue weighted by Gasteiger charge is 2.33. The van der Waals surface area contributed by atoms with E-state index in [1.807, 2.05) is 18.4 Å². The van der Waals surface area contributed by atoms with Crippen LogP contribution in [0.3, 0.4) is 0 Å². The molecule has 1 aliphatic rings. The topological polar surface area (TPSA) is 111 Å². The first-order valence-corrected chi connectivity index (χ1v) is 10.9. The summed E-state index contributed by atoms with van der Waals surface area (Å²) in [6.45, 7) is 2.32. The molecule has 190 valence electrons. The zero-order valence-electron chi connectivity index (χ0n) is 19.7. The Morgan fingerprint density at radius 1 is 1.17 bits per heavy atom. The SMILES string of the molecule is COc1cc2c(cc1C(=O)Nc1cccc(-c3nncn3C(C)C)n1)CN(C(=O)OCC(F)(F)F)C2. The first kappa shape index (κ1) is 24.9. The van der Waals surface area contributed by atoms with Gasteiger partial charge < -0.3 is 19.4 Å². The Labute approximate surface area is 204 Å². The number of pyridine rings is 1. The third kappa shape index (κ3) is 5.39. The molecule has 0 aliphatic carbocycles. The normalized spacial score (nSPS) is 13.0. The highest BCUT2D eigenvalue weighted by molar-refractivity contribution is 6.06. The Hall–Kier alpha value is -4.16. The van der Waals surface area contributed by atoms with Crippen LogP contribution in [0.15, 0.2) is 36.7 Å². The monoisotopic (exact) mass is 504 g/mol. The molecule has 1 aromatic carbocycles. The lowest BCUT2D eigenvalue weighted by Crippen LogP contribution is -2.30. The number of nitrogens with zero attached hydrogens (tertiary/aromatic N) is 5. The van der Waals surface area contributed by atoms with Crippen LogP contribution in [0.1, 0.15) is 41.4 Å². The Balaban J connectivity index is 1.52. The van der Waals surface area contributed by atoms with Crippen LogP contribution in [0, 0.1) is 0 Å². The number of anilines is 1. The number of hydrogen-bond acceptors (Lipinski definition) is 7. The largest absolute Gasteiger partial charge is 0.496 e. The molecule has 3 aromatic rings. The van der Waals surface area contributed by atoms with Crippen molar-refractivity contribution in [3.8, 4) is 17.3 Å². The van der Waals surface area contributed by atoms with Crippen LogP contribution >= 0.6 is 0 Å². The van der Waals surface area contributed by atoms with Crippen LogP contribution in [0.4, 0.5) is 23.8 Å². The minimum Gasteiger partial charge on any atom is -0.496 e. The minimum absolute atomic E-state index is 0.00507. The number of ether oxygens (including phenoxy) is 2. The van der Waals surface area contributed by atoms with Gasteiger partial charge >= 0.3 is 12.3 Å². The van der Waals surface area contributed by atoms with Crippen LogP contribution in [-0.4, -0.2) is 56.5 Å². The molecule has 1 N–H and O–H groups in total. The predicted molar refractivity (Wildman–Crippen MR) is 121 cm³/mol. The fourth-order valence-electron chi connectivity index (χ4n) is 3.75. The van der Waals surface area contributed by atoms with E-state index in [2.05, 4.69) is 25.2 Å². The van der Waals surface area contributed by atoms with E-state index in [0.29, 0.717) is 22.6 Å². The number of nitrogens with one attached hydrogen (secondary N) is 1. The van der Waals surface area contributed by atoms with Crippen molar-refractivity contribution in [1.82, 2.24) is 24.6 Å². The summed E-state index contributed by atoms with van der Waals surface area (Å²) >= 11 is 0. The zero-order chi connectivity index (χ0) is 26.0. The van der Waals surface area contributed by atoms with E-state index in [0.717, 1.165) is 4.90 Å². The molecule has 13 heteroatoms. The standard InChI is InChI=1S/C23H23F3N6O4/c1-13(2)32-12-27-30-20(32)17-5-4-6-19(28-17)29-21(33)16-7-14-9-31(10-15(14)8-18(16)35-3)22(34)36-11-23(24,25)26/h4-8,12-13H,9-11H2,1-3H3,(H,28,29,33). The lowest BCUT2D eigenvalue weighted by Gasteiger charge is -2.16. The first-order chi connectivity index (χ1) is 17.1. The number of benzene rings is 1. The van der Waals surface area contributed by atoms with Crippen molar-refractivity contribution < 1.29 is 32.2 Å². The second kappa shape index (κ2) is 9.84. The van der Waals surface area contributed by atoms with Gasteiger partial charge in [0.1, 0.15) is 23.6 Å². The fourth-order valence-corrected chi connectivity index (χ4v) is 3.75. The van der Waals surface area contributed by atoms with Gasteiger partial charge in [-0.2, -0.15) is 13.2 Å². The minimum atomic E-state index is -4.62. The summed E-state index contributed by atoms with van der Waals surface area (Å²) in [6, 6.07) is 8.32. The van der Waals surface area contributed by atoms with Gasteiger partial charge in [-0.05, 0) is 49.2 Å². The Morgan fingerprint density at radius 3 is 2.56 bits per heavy atom. The molecule has 0 spiro atoms. The molecule has 3 heterocycles. The van der Waals surface area contributed by atoms with Crippen molar-refractivity contribution in [2.45, 2.75) is 39.2 Å². The molecule has 0 radical (unpaired) electrons. The molecule has 0 saturated carbocycles. The van der Waals surface area contributed by atoms with Crippen molar-refractivity contribution >= 4 is 17.8 Å². The van der Waals surface area contributed by atoms with Crippen molar-refractivity contribution in [3.05, 3.63) is 53.3 Å². The number of amides is 2. The van der Waals surface area contributed by atoms with Gasteiger partial charge in [0.05, 0.1) is 12.7 Å². The second-order valence-corrected chi connectivity index (χ2v) is 8.36. The molecule has 0 fully saturated rings.